The molecular formula is C14H11N5O2. The molecule has 2 aromatic carbocycles. The van der Waals surface area contributed by atoms with Crippen LogP contribution in [-0.4, -0.2) is 31.3 Å². The molecule has 7 nitrogen and oxygen atoms in total. The molecule has 7 heteroatoms. The fourth-order valence-corrected chi connectivity index (χ4v) is 1.90. The van der Waals surface area contributed by atoms with E-state index in [0.29, 0.717) is 11.5 Å². The van der Waals surface area contributed by atoms with Gasteiger partial charge < -0.3 is 10.8 Å². The van der Waals surface area contributed by atoms with Gasteiger partial charge in [-0.15, -0.1) is 15.0 Å². The minimum Gasteiger partial charge on any atom is -0.478 e. The van der Waals surface area contributed by atoms with Gasteiger partial charge >= 0.3 is 5.97 Å². The van der Waals surface area contributed by atoms with Gasteiger partial charge in [-0.2, -0.15) is 0 Å². The summed E-state index contributed by atoms with van der Waals surface area (Å²) in [4.78, 5) is 12.2. The van der Waals surface area contributed by atoms with E-state index in [2.05, 4.69) is 15.4 Å². The van der Waals surface area contributed by atoms with Gasteiger partial charge in [-0.25, -0.2) is 4.79 Å². The van der Waals surface area contributed by atoms with Gasteiger partial charge in [-0.3, -0.25) is 0 Å². The van der Waals surface area contributed by atoms with Crippen molar-refractivity contribution >= 4 is 11.7 Å². The third-order valence-electron chi connectivity index (χ3n) is 2.94. The van der Waals surface area contributed by atoms with Crippen LogP contribution in [0.5, 0.6) is 0 Å². The minimum atomic E-state index is -1.07. The van der Waals surface area contributed by atoms with Crippen molar-refractivity contribution in [2.45, 2.75) is 0 Å². The maximum Gasteiger partial charge on any atom is 0.337 e. The van der Waals surface area contributed by atoms with Crippen LogP contribution in [0.15, 0.2) is 48.5 Å². The van der Waals surface area contributed by atoms with Crippen LogP contribution >= 0.6 is 0 Å². The first-order chi connectivity index (χ1) is 10.1. The van der Waals surface area contributed by atoms with Crippen molar-refractivity contribution in [2.75, 3.05) is 5.73 Å². The Morgan fingerprint density at radius 3 is 2.57 bits per heavy atom. The Morgan fingerprint density at radius 1 is 1.14 bits per heavy atom. The number of nitrogens with zero attached hydrogens (tertiary/aromatic N) is 4. The zero-order valence-corrected chi connectivity index (χ0v) is 10.8. The molecule has 3 N–H and O–H groups in total. The smallest absolute Gasteiger partial charge is 0.337 e. The van der Waals surface area contributed by atoms with Gasteiger partial charge in [0, 0.05) is 11.3 Å². The highest BCUT2D eigenvalue weighted by atomic mass is 16.4. The third-order valence-corrected chi connectivity index (χ3v) is 2.94. The zero-order chi connectivity index (χ0) is 14.8. The van der Waals surface area contributed by atoms with Crippen LogP contribution in [0.4, 0.5) is 5.69 Å². The Balaban J connectivity index is 1.97. The molecular weight excluding hydrogens is 270 g/mol. The van der Waals surface area contributed by atoms with Gasteiger partial charge in [0.25, 0.3) is 0 Å². The van der Waals surface area contributed by atoms with E-state index in [1.807, 2.05) is 30.3 Å². The molecule has 0 aliphatic carbocycles. The number of tetrazole rings is 1. The Kier molecular flexibility index (Phi) is 3.07. The lowest BCUT2D eigenvalue weighted by Gasteiger charge is -2.03. The monoisotopic (exact) mass is 281 g/mol. The van der Waals surface area contributed by atoms with Crippen LogP contribution in [0.3, 0.4) is 0 Å². The number of anilines is 1. The summed E-state index contributed by atoms with van der Waals surface area (Å²) in [5.74, 6) is -0.591. The summed E-state index contributed by atoms with van der Waals surface area (Å²) >= 11 is 0. The average Bonchev–Trinajstić information content (AvgIpc) is 2.97. The van der Waals surface area contributed by atoms with E-state index < -0.39 is 5.97 Å². The van der Waals surface area contributed by atoms with Crippen LogP contribution in [-0.2, 0) is 0 Å². The second-order valence-corrected chi connectivity index (χ2v) is 4.35. The topological polar surface area (TPSA) is 107 Å². The molecule has 0 bridgehead atoms. The summed E-state index contributed by atoms with van der Waals surface area (Å²) < 4.78 is 0. The lowest BCUT2D eigenvalue weighted by molar-refractivity contribution is 0.0698. The first kappa shape index (κ1) is 12.8. The average molecular weight is 281 g/mol. The van der Waals surface area contributed by atoms with Crippen LogP contribution in [0, 0.1) is 0 Å². The Labute approximate surface area is 119 Å². The maximum atomic E-state index is 10.9. The van der Waals surface area contributed by atoms with Crippen LogP contribution in [0.25, 0.3) is 17.1 Å². The maximum absolute atomic E-state index is 10.9. The molecule has 0 radical (unpaired) electrons. The molecule has 21 heavy (non-hydrogen) atoms. The van der Waals surface area contributed by atoms with Crippen molar-refractivity contribution in [1.29, 1.82) is 0 Å². The number of rotatable bonds is 3. The molecule has 0 saturated carbocycles. The number of nitrogens with two attached hydrogens (primary N) is 1. The van der Waals surface area contributed by atoms with Crippen molar-refractivity contribution < 1.29 is 9.90 Å². The molecule has 104 valence electrons. The Hall–Kier alpha value is -3.22. The summed E-state index contributed by atoms with van der Waals surface area (Å²) in [6.07, 6.45) is 0. The summed E-state index contributed by atoms with van der Waals surface area (Å²) in [5, 5.41) is 21.1. The number of aromatic carboxylic acids is 1. The zero-order valence-electron chi connectivity index (χ0n) is 10.8. The number of nitrogen functional groups attached to an aromatic ring is 1. The number of benzene rings is 2. The molecule has 1 heterocycles. The number of hydrogen-bond acceptors (Lipinski definition) is 5. The van der Waals surface area contributed by atoms with E-state index in [4.69, 9.17) is 10.8 Å². The SMILES string of the molecule is Nc1cc(-n2nnc(-c3ccccc3)n2)ccc1C(=O)O. The van der Waals surface area contributed by atoms with Crippen LogP contribution in [0.2, 0.25) is 0 Å². The fourth-order valence-electron chi connectivity index (χ4n) is 1.90. The standard InChI is InChI=1S/C14H11N5O2/c15-12-8-10(6-7-11(12)14(20)21)19-17-13(16-18-19)9-4-2-1-3-5-9/h1-8H,15H2,(H,20,21). The van der Waals surface area contributed by atoms with Gasteiger partial charge in [0.2, 0.25) is 5.82 Å². The summed E-state index contributed by atoms with van der Waals surface area (Å²) in [6, 6.07) is 13.9. The van der Waals surface area contributed by atoms with Gasteiger partial charge in [-0.1, -0.05) is 30.3 Å². The first-order valence-corrected chi connectivity index (χ1v) is 6.14. The number of carbonyl (C=O) groups is 1. The molecule has 3 aromatic rings. The minimum absolute atomic E-state index is 0.0437. The Bertz CT molecular complexity index is 798. The molecule has 1 aromatic heterocycles. The number of hydrogen-bond donors (Lipinski definition) is 2. The lowest BCUT2D eigenvalue weighted by Crippen LogP contribution is -2.05. The molecule has 0 aliphatic rings. The highest BCUT2D eigenvalue weighted by Crippen LogP contribution is 2.18. The number of carboxylic acids is 1. The largest absolute Gasteiger partial charge is 0.478 e. The summed E-state index contributed by atoms with van der Waals surface area (Å²) in [5.41, 5.74) is 7.30. The Morgan fingerprint density at radius 2 is 1.90 bits per heavy atom. The van der Waals surface area contributed by atoms with E-state index >= 15 is 0 Å². The van der Waals surface area contributed by atoms with E-state index in [-0.39, 0.29) is 11.3 Å². The summed E-state index contributed by atoms with van der Waals surface area (Å²) in [6.45, 7) is 0. The third kappa shape index (κ3) is 2.44. The second-order valence-electron chi connectivity index (χ2n) is 4.35. The number of carboxylic acid groups (broad SMARTS) is 1. The van der Waals surface area contributed by atoms with E-state index in [1.165, 1.54) is 16.9 Å². The molecule has 0 aliphatic heterocycles. The normalized spacial score (nSPS) is 10.5. The van der Waals surface area contributed by atoms with Crippen molar-refractivity contribution in [3.63, 3.8) is 0 Å². The fraction of sp³-hybridized carbons (Fsp3) is 0. The van der Waals surface area contributed by atoms with Gasteiger partial charge in [-0.05, 0) is 23.4 Å². The van der Waals surface area contributed by atoms with E-state index in [9.17, 15) is 4.79 Å². The lowest BCUT2D eigenvalue weighted by atomic mass is 10.1. The van der Waals surface area contributed by atoms with Gasteiger partial charge in [0.05, 0.1) is 11.3 Å². The van der Waals surface area contributed by atoms with E-state index in [0.717, 1.165) is 5.56 Å². The van der Waals surface area contributed by atoms with Gasteiger partial charge in [0.1, 0.15) is 0 Å². The van der Waals surface area contributed by atoms with Gasteiger partial charge in [0.15, 0.2) is 0 Å². The van der Waals surface area contributed by atoms with Crippen molar-refractivity contribution in [1.82, 2.24) is 20.2 Å². The molecule has 0 fully saturated rings. The van der Waals surface area contributed by atoms with Crippen molar-refractivity contribution in [2.24, 2.45) is 0 Å². The van der Waals surface area contributed by atoms with E-state index in [1.54, 1.807) is 6.07 Å². The predicted octanol–water partition coefficient (Wildman–Crippen LogP) is 1.61. The molecule has 3 rings (SSSR count). The number of aromatic nitrogens is 4. The molecule has 0 amide bonds. The summed E-state index contributed by atoms with van der Waals surface area (Å²) in [7, 11) is 0. The molecule has 0 spiro atoms. The highest BCUT2D eigenvalue weighted by molar-refractivity contribution is 5.94. The van der Waals surface area contributed by atoms with Crippen LogP contribution < -0.4 is 5.73 Å². The van der Waals surface area contributed by atoms with Crippen molar-refractivity contribution in [3.05, 3.63) is 54.1 Å². The molecule has 0 atom stereocenters. The first-order valence-electron chi connectivity index (χ1n) is 6.14. The highest BCUT2D eigenvalue weighted by Gasteiger charge is 2.11. The van der Waals surface area contributed by atoms with Crippen molar-refractivity contribution in [3.8, 4) is 17.1 Å². The second kappa shape index (κ2) is 5.04. The van der Waals surface area contributed by atoms with Crippen LogP contribution in [0.1, 0.15) is 10.4 Å². The quantitative estimate of drug-likeness (QED) is 0.706. The predicted molar refractivity (Wildman–Crippen MR) is 76.0 cm³/mol. The molecule has 0 unspecified atom stereocenters. The molecule has 0 saturated heterocycles.